The molecule has 5 nitrogen and oxygen atoms in total. The molecule has 0 saturated carbocycles. The van der Waals surface area contributed by atoms with Crippen LogP contribution in [0.1, 0.15) is 17.2 Å². The smallest absolute Gasteiger partial charge is 0.386 e. The van der Waals surface area contributed by atoms with Gasteiger partial charge in [-0.1, -0.05) is 71.7 Å². The van der Waals surface area contributed by atoms with Crippen molar-refractivity contribution in [2.24, 2.45) is 0 Å². The molecule has 180 valence electrons. The van der Waals surface area contributed by atoms with Crippen LogP contribution in [0.15, 0.2) is 48.5 Å². The summed E-state index contributed by atoms with van der Waals surface area (Å²) < 4.78 is 51.5. The monoisotopic (exact) mass is 508 g/mol. The van der Waals surface area contributed by atoms with Crippen LogP contribution in [-0.4, -0.2) is 63.4 Å². The predicted molar refractivity (Wildman–Crippen MR) is 117 cm³/mol. The van der Waals surface area contributed by atoms with Crippen LogP contribution < -0.4 is 5.32 Å². The fraction of sp³-hybridized carbons (Fsp3) is 0.409. The highest BCUT2D eigenvalue weighted by atomic mass is 35.5. The van der Waals surface area contributed by atoms with E-state index in [1.54, 1.807) is 36.4 Å². The van der Waals surface area contributed by atoms with Gasteiger partial charge in [-0.05, 0) is 22.3 Å². The van der Waals surface area contributed by atoms with E-state index >= 15 is 0 Å². The number of carbonyl (C=O) groups excluding carboxylic acids is 1. The number of aliphatic hydroxyl groups excluding tert-OH is 1. The first-order valence-corrected chi connectivity index (χ1v) is 10.8. The van der Waals surface area contributed by atoms with Crippen LogP contribution >= 0.6 is 23.2 Å². The number of β-amino-alcohol motifs (C(OH)–C–C–N with tert-alkyl or cyclic N) is 1. The third-order valence-electron chi connectivity index (χ3n) is 5.52. The highest BCUT2D eigenvalue weighted by Crippen LogP contribution is 2.38. The van der Waals surface area contributed by atoms with Crippen LogP contribution in [0.3, 0.4) is 0 Å². The number of hydrogen-bond acceptors (Lipinski definition) is 4. The Morgan fingerprint density at radius 1 is 1.06 bits per heavy atom. The van der Waals surface area contributed by atoms with E-state index in [9.17, 15) is 32.6 Å². The van der Waals surface area contributed by atoms with Gasteiger partial charge in [-0.25, -0.2) is 4.39 Å². The molecule has 1 saturated heterocycles. The molecule has 1 fully saturated rings. The van der Waals surface area contributed by atoms with Gasteiger partial charge in [0.1, 0.15) is 12.8 Å². The van der Waals surface area contributed by atoms with E-state index in [1.165, 1.54) is 4.90 Å². The lowest BCUT2D eigenvalue weighted by atomic mass is 9.92. The number of halogens is 6. The summed E-state index contributed by atoms with van der Waals surface area (Å²) in [6, 6.07) is 12.6. The standard InChI is InChI=1S/C22H22Cl2F4N2O3/c23-19(24)20(32)29-17(9-25)18(31)16-7-5-15(6-8-16)14-3-1-13(2-4-14)10-30-11-21(33,12-30)22(26,27)28/h1-8,17-19,31,33H,9-12H2,(H,29,32)/t17-,18+/m1/s1. The summed E-state index contributed by atoms with van der Waals surface area (Å²) >= 11 is 10.9. The van der Waals surface area contributed by atoms with Gasteiger partial charge in [0, 0.05) is 19.6 Å². The first kappa shape index (κ1) is 25.7. The molecule has 0 aliphatic carbocycles. The van der Waals surface area contributed by atoms with E-state index in [1.807, 2.05) is 12.1 Å². The van der Waals surface area contributed by atoms with E-state index in [0.29, 0.717) is 5.56 Å². The van der Waals surface area contributed by atoms with Gasteiger partial charge in [0.15, 0.2) is 10.4 Å². The number of nitrogens with zero attached hydrogens (tertiary/aromatic N) is 1. The molecule has 1 heterocycles. The summed E-state index contributed by atoms with van der Waals surface area (Å²) in [6.07, 6.45) is -5.95. The van der Waals surface area contributed by atoms with Crippen molar-refractivity contribution in [2.45, 2.75) is 35.3 Å². The second-order valence-electron chi connectivity index (χ2n) is 8.01. The van der Waals surface area contributed by atoms with Crippen molar-refractivity contribution in [1.29, 1.82) is 0 Å². The Balaban J connectivity index is 1.60. The molecule has 2 atom stereocenters. The van der Waals surface area contributed by atoms with E-state index in [2.05, 4.69) is 5.32 Å². The zero-order valence-electron chi connectivity index (χ0n) is 17.2. The third kappa shape index (κ3) is 5.96. The zero-order chi connectivity index (χ0) is 24.4. The van der Waals surface area contributed by atoms with Gasteiger partial charge in [0.2, 0.25) is 0 Å². The molecule has 2 aromatic carbocycles. The Kier molecular flexibility index (Phi) is 7.91. The molecule has 0 spiro atoms. The summed E-state index contributed by atoms with van der Waals surface area (Å²) in [6.45, 7) is -1.66. The molecule has 0 bridgehead atoms. The average molecular weight is 509 g/mol. The van der Waals surface area contributed by atoms with Crippen molar-refractivity contribution < 1.29 is 32.6 Å². The summed E-state index contributed by atoms with van der Waals surface area (Å²) in [7, 11) is 0. The molecular weight excluding hydrogens is 487 g/mol. The maximum absolute atomic E-state index is 13.3. The molecule has 33 heavy (non-hydrogen) atoms. The predicted octanol–water partition coefficient (Wildman–Crippen LogP) is 3.75. The highest BCUT2D eigenvalue weighted by molar-refractivity contribution is 6.53. The van der Waals surface area contributed by atoms with E-state index in [-0.39, 0.29) is 6.54 Å². The maximum atomic E-state index is 13.3. The quantitative estimate of drug-likeness (QED) is 0.375. The number of aliphatic hydroxyl groups is 2. The minimum Gasteiger partial charge on any atom is -0.386 e. The number of amides is 1. The molecular formula is C22H22Cl2F4N2O3. The first-order chi connectivity index (χ1) is 15.4. The second-order valence-corrected chi connectivity index (χ2v) is 9.10. The Hall–Kier alpha value is -1.91. The Morgan fingerprint density at radius 3 is 2.03 bits per heavy atom. The van der Waals surface area contributed by atoms with Gasteiger partial charge < -0.3 is 15.5 Å². The molecule has 1 aliphatic rings. The molecule has 3 rings (SSSR count). The van der Waals surface area contributed by atoms with Crippen molar-refractivity contribution >= 4 is 29.1 Å². The molecule has 11 heteroatoms. The van der Waals surface area contributed by atoms with Crippen LogP contribution in [0.5, 0.6) is 0 Å². The minimum absolute atomic E-state index is 0.283. The lowest BCUT2D eigenvalue weighted by Crippen LogP contribution is -2.68. The topological polar surface area (TPSA) is 72.8 Å². The van der Waals surface area contributed by atoms with Gasteiger partial charge in [-0.15, -0.1) is 0 Å². The van der Waals surface area contributed by atoms with Crippen molar-refractivity contribution in [2.75, 3.05) is 19.8 Å². The summed E-state index contributed by atoms with van der Waals surface area (Å²) in [5.74, 6) is -0.807. The molecule has 0 aromatic heterocycles. The fourth-order valence-electron chi connectivity index (χ4n) is 3.60. The summed E-state index contributed by atoms with van der Waals surface area (Å²) in [5.41, 5.74) is 0.175. The zero-order valence-corrected chi connectivity index (χ0v) is 18.7. The van der Waals surface area contributed by atoms with E-state index in [4.69, 9.17) is 23.2 Å². The number of carbonyl (C=O) groups is 1. The average Bonchev–Trinajstić information content (AvgIpc) is 2.75. The van der Waals surface area contributed by atoms with Crippen LogP contribution in [0, 0.1) is 0 Å². The molecule has 1 aliphatic heterocycles. The molecule has 3 N–H and O–H groups in total. The number of alkyl halides is 6. The summed E-state index contributed by atoms with van der Waals surface area (Å²) in [5, 5.41) is 22.1. The normalized spacial score (nSPS) is 18.0. The minimum atomic E-state index is -4.64. The van der Waals surface area contributed by atoms with Crippen LogP contribution in [-0.2, 0) is 11.3 Å². The van der Waals surface area contributed by atoms with Crippen molar-refractivity contribution in [3.05, 3.63) is 59.7 Å². The Labute approximate surface area is 197 Å². The van der Waals surface area contributed by atoms with Crippen molar-refractivity contribution in [3.8, 4) is 11.1 Å². The molecule has 2 aromatic rings. The molecule has 1 amide bonds. The number of rotatable bonds is 8. The second kappa shape index (κ2) is 10.1. The van der Waals surface area contributed by atoms with E-state index in [0.717, 1.165) is 16.7 Å². The van der Waals surface area contributed by atoms with E-state index < -0.39 is 54.4 Å². The maximum Gasteiger partial charge on any atom is 0.419 e. The van der Waals surface area contributed by atoms with Gasteiger partial charge in [-0.3, -0.25) is 9.69 Å². The van der Waals surface area contributed by atoms with Crippen LogP contribution in [0.2, 0.25) is 0 Å². The van der Waals surface area contributed by atoms with Gasteiger partial charge in [0.05, 0.1) is 6.04 Å². The number of likely N-dealkylation sites (tertiary alicyclic amines) is 1. The number of hydrogen-bond donors (Lipinski definition) is 3. The van der Waals surface area contributed by atoms with Gasteiger partial charge in [-0.2, -0.15) is 13.2 Å². The molecule has 0 unspecified atom stereocenters. The third-order valence-corrected chi connectivity index (χ3v) is 5.91. The van der Waals surface area contributed by atoms with Crippen LogP contribution in [0.4, 0.5) is 17.6 Å². The first-order valence-electron chi connectivity index (χ1n) is 9.97. The number of benzene rings is 2. The Bertz CT molecular complexity index is 950. The highest BCUT2D eigenvalue weighted by Gasteiger charge is 2.60. The molecule has 0 radical (unpaired) electrons. The fourth-order valence-corrected chi connectivity index (χ4v) is 3.72. The number of nitrogens with one attached hydrogen (secondary N) is 1. The van der Waals surface area contributed by atoms with Crippen molar-refractivity contribution in [1.82, 2.24) is 10.2 Å². The Morgan fingerprint density at radius 2 is 1.58 bits per heavy atom. The largest absolute Gasteiger partial charge is 0.419 e. The van der Waals surface area contributed by atoms with Gasteiger partial charge in [0.25, 0.3) is 5.91 Å². The summed E-state index contributed by atoms with van der Waals surface area (Å²) in [4.78, 5) is 11.7. The van der Waals surface area contributed by atoms with Crippen LogP contribution in [0.25, 0.3) is 11.1 Å². The van der Waals surface area contributed by atoms with Gasteiger partial charge >= 0.3 is 6.18 Å². The lowest BCUT2D eigenvalue weighted by Gasteiger charge is -2.47. The lowest BCUT2D eigenvalue weighted by molar-refractivity contribution is -0.302. The SMILES string of the molecule is O=C(N[C@H](CF)[C@@H](O)c1ccc(-c2ccc(CN3CC(O)(C(F)(F)F)C3)cc2)cc1)C(Cl)Cl. The van der Waals surface area contributed by atoms with Crippen molar-refractivity contribution in [3.63, 3.8) is 0 Å².